The maximum absolute atomic E-state index is 12.2. The molecule has 1 aliphatic carbocycles. The predicted octanol–water partition coefficient (Wildman–Crippen LogP) is 2.64. The first kappa shape index (κ1) is 9.85. The van der Waals surface area contributed by atoms with Crippen LogP contribution < -0.4 is 0 Å². The zero-order chi connectivity index (χ0) is 12.0. The average molecular weight is 221 g/mol. The third-order valence-corrected chi connectivity index (χ3v) is 2.99. The summed E-state index contributed by atoms with van der Waals surface area (Å²) in [6.07, 6.45) is 0. The van der Waals surface area contributed by atoms with Crippen molar-refractivity contribution in [2.75, 3.05) is 0 Å². The largest absolute Gasteiger partial charge is 0.288 e. The third kappa shape index (κ3) is 1.31. The van der Waals surface area contributed by atoms with Gasteiger partial charge in [-0.15, -0.1) is 0 Å². The van der Waals surface area contributed by atoms with Crippen LogP contribution in [0, 0.1) is 6.92 Å². The summed E-state index contributed by atoms with van der Waals surface area (Å²) in [5, 5.41) is 0. The van der Waals surface area contributed by atoms with Gasteiger partial charge >= 0.3 is 0 Å². The Morgan fingerprint density at radius 3 is 1.88 bits per heavy atom. The Kier molecular flexibility index (Phi) is 1.92. The van der Waals surface area contributed by atoms with Gasteiger partial charge in [0, 0.05) is 30.2 Å². The SMILES string of the molecule is [CH2+]c1ccc2c(c1)C(=O)c1ccccc1C2=O. The Labute approximate surface area is 98.9 Å². The van der Waals surface area contributed by atoms with Crippen LogP contribution in [0.5, 0.6) is 0 Å². The Morgan fingerprint density at radius 1 is 0.706 bits per heavy atom. The monoisotopic (exact) mass is 221 g/mol. The van der Waals surface area contributed by atoms with Gasteiger partial charge < -0.3 is 0 Å². The lowest BCUT2D eigenvalue weighted by Gasteiger charge is -2.14. The quantitative estimate of drug-likeness (QED) is 0.547. The number of carbonyl (C=O) groups excluding carboxylic acids is 2. The van der Waals surface area contributed by atoms with Crippen molar-refractivity contribution >= 4 is 11.6 Å². The Hall–Kier alpha value is -2.35. The van der Waals surface area contributed by atoms with Gasteiger partial charge in [-0.2, -0.15) is 0 Å². The molecule has 0 heterocycles. The molecule has 0 radical (unpaired) electrons. The van der Waals surface area contributed by atoms with Crippen LogP contribution in [0.25, 0.3) is 0 Å². The summed E-state index contributed by atoms with van der Waals surface area (Å²) in [6.45, 7) is 3.78. The first-order valence-corrected chi connectivity index (χ1v) is 5.33. The van der Waals surface area contributed by atoms with Gasteiger partial charge in [0.25, 0.3) is 0 Å². The standard InChI is InChI=1S/C15H9O2/c1-9-6-7-12-13(8-9)15(17)11-5-3-2-4-10(11)14(12)16/h2-8H,1H2/q+1. The molecule has 0 saturated heterocycles. The molecule has 0 fully saturated rings. The lowest BCUT2D eigenvalue weighted by molar-refractivity contribution is 0.0979. The lowest BCUT2D eigenvalue weighted by Crippen LogP contribution is -2.20. The summed E-state index contributed by atoms with van der Waals surface area (Å²) >= 11 is 0. The van der Waals surface area contributed by atoms with Gasteiger partial charge in [0.05, 0.1) is 17.2 Å². The Balaban J connectivity index is 2.33. The molecule has 3 rings (SSSR count). The molecule has 0 bridgehead atoms. The van der Waals surface area contributed by atoms with Gasteiger partial charge in [-0.05, 0) is 0 Å². The zero-order valence-electron chi connectivity index (χ0n) is 9.07. The first-order chi connectivity index (χ1) is 8.18. The number of carbonyl (C=O) groups is 2. The van der Waals surface area contributed by atoms with E-state index in [-0.39, 0.29) is 11.6 Å². The highest BCUT2D eigenvalue weighted by atomic mass is 16.1. The number of fused-ring (bicyclic) bond motifs is 2. The predicted molar refractivity (Wildman–Crippen MR) is 64.2 cm³/mol. The van der Waals surface area contributed by atoms with E-state index in [4.69, 9.17) is 0 Å². The molecule has 2 aromatic carbocycles. The topological polar surface area (TPSA) is 34.1 Å². The van der Waals surface area contributed by atoms with E-state index in [1.807, 2.05) is 0 Å². The number of hydrogen-bond acceptors (Lipinski definition) is 2. The molecular formula is C15H9O2+. The summed E-state index contributed by atoms with van der Waals surface area (Å²) in [4.78, 5) is 24.4. The van der Waals surface area contributed by atoms with E-state index >= 15 is 0 Å². The summed E-state index contributed by atoms with van der Waals surface area (Å²) in [5.41, 5.74) is 2.64. The fourth-order valence-corrected chi connectivity index (χ4v) is 2.15. The van der Waals surface area contributed by atoms with Crippen LogP contribution in [0.3, 0.4) is 0 Å². The molecule has 2 aromatic rings. The average Bonchev–Trinajstić information content (AvgIpc) is 2.36. The Morgan fingerprint density at radius 2 is 1.24 bits per heavy atom. The van der Waals surface area contributed by atoms with Gasteiger partial charge in [0.1, 0.15) is 5.56 Å². The summed E-state index contributed by atoms with van der Waals surface area (Å²) in [6, 6.07) is 12.0. The van der Waals surface area contributed by atoms with Crippen molar-refractivity contribution in [3.05, 3.63) is 77.2 Å². The van der Waals surface area contributed by atoms with Crippen LogP contribution in [-0.4, -0.2) is 11.6 Å². The number of hydrogen-bond donors (Lipinski definition) is 0. The number of rotatable bonds is 0. The molecule has 0 aromatic heterocycles. The van der Waals surface area contributed by atoms with Crippen molar-refractivity contribution in [3.8, 4) is 0 Å². The van der Waals surface area contributed by atoms with Crippen molar-refractivity contribution < 1.29 is 9.59 Å². The van der Waals surface area contributed by atoms with Crippen LogP contribution in [-0.2, 0) is 0 Å². The fraction of sp³-hybridized carbons (Fsp3) is 0. The van der Waals surface area contributed by atoms with Crippen molar-refractivity contribution in [1.82, 2.24) is 0 Å². The second kappa shape index (κ2) is 3.32. The van der Waals surface area contributed by atoms with E-state index in [1.165, 1.54) is 0 Å². The molecule has 0 N–H and O–H groups in total. The van der Waals surface area contributed by atoms with Crippen LogP contribution in [0.15, 0.2) is 42.5 Å². The molecule has 0 saturated carbocycles. The zero-order valence-corrected chi connectivity index (χ0v) is 9.07. The molecule has 0 atom stereocenters. The smallest absolute Gasteiger partial charge is 0.207 e. The highest BCUT2D eigenvalue weighted by molar-refractivity contribution is 6.28. The molecule has 2 heteroatoms. The number of ketones is 2. The van der Waals surface area contributed by atoms with E-state index in [0.717, 1.165) is 5.56 Å². The van der Waals surface area contributed by atoms with Gasteiger partial charge in [-0.1, -0.05) is 24.3 Å². The van der Waals surface area contributed by atoms with Crippen molar-refractivity contribution in [2.24, 2.45) is 0 Å². The fourth-order valence-electron chi connectivity index (χ4n) is 2.15. The summed E-state index contributed by atoms with van der Waals surface area (Å²) < 4.78 is 0. The third-order valence-electron chi connectivity index (χ3n) is 2.99. The van der Waals surface area contributed by atoms with Crippen molar-refractivity contribution in [2.45, 2.75) is 0 Å². The first-order valence-electron chi connectivity index (χ1n) is 5.33. The molecule has 80 valence electrons. The van der Waals surface area contributed by atoms with E-state index in [0.29, 0.717) is 22.3 Å². The molecule has 0 amide bonds. The lowest BCUT2D eigenvalue weighted by atomic mass is 9.83. The summed E-state index contributed by atoms with van der Waals surface area (Å²) in [5.74, 6) is -0.184. The minimum Gasteiger partial charge on any atom is -0.288 e. The molecular weight excluding hydrogens is 212 g/mol. The maximum atomic E-state index is 12.2. The molecule has 2 nitrogen and oxygen atoms in total. The van der Waals surface area contributed by atoms with Crippen LogP contribution in [0.4, 0.5) is 0 Å². The van der Waals surface area contributed by atoms with Crippen molar-refractivity contribution in [1.29, 1.82) is 0 Å². The molecule has 1 aliphatic rings. The molecule has 17 heavy (non-hydrogen) atoms. The van der Waals surface area contributed by atoms with E-state index < -0.39 is 0 Å². The highest BCUT2D eigenvalue weighted by Crippen LogP contribution is 2.27. The van der Waals surface area contributed by atoms with Crippen LogP contribution in [0.2, 0.25) is 0 Å². The number of benzene rings is 2. The highest BCUT2D eigenvalue weighted by Gasteiger charge is 2.31. The minimum absolute atomic E-state index is 0.0878. The normalized spacial score (nSPS) is 13.2. The van der Waals surface area contributed by atoms with Crippen molar-refractivity contribution in [3.63, 3.8) is 0 Å². The maximum Gasteiger partial charge on any atom is 0.207 e. The van der Waals surface area contributed by atoms with Crippen LogP contribution >= 0.6 is 0 Å². The van der Waals surface area contributed by atoms with Gasteiger partial charge in [0.2, 0.25) is 5.78 Å². The molecule has 0 spiro atoms. The van der Waals surface area contributed by atoms with E-state index in [2.05, 4.69) is 6.92 Å². The minimum atomic E-state index is -0.0966. The van der Waals surface area contributed by atoms with Gasteiger partial charge in [-0.25, -0.2) is 0 Å². The molecule has 0 aliphatic heterocycles. The van der Waals surface area contributed by atoms with E-state index in [9.17, 15) is 9.59 Å². The Bertz CT molecular complexity index is 654. The van der Waals surface area contributed by atoms with Crippen LogP contribution in [0.1, 0.15) is 37.4 Å². The second-order valence-corrected chi connectivity index (χ2v) is 4.08. The van der Waals surface area contributed by atoms with Gasteiger partial charge in [-0.3, -0.25) is 9.59 Å². The summed E-state index contributed by atoms with van der Waals surface area (Å²) in [7, 11) is 0. The van der Waals surface area contributed by atoms with Gasteiger partial charge in [0.15, 0.2) is 5.78 Å². The second-order valence-electron chi connectivity index (χ2n) is 4.08. The molecule has 0 unspecified atom stereocenters. The van der Waals surface area contributed by atoms with E-state index in [1.54, 1.807) is 42.5 Å².